The van der Waals surface area contributed by atoms with Crippen molar-refractivity contribution < 1.29 is 0 Å². The summed E-state index contributed by atoms with van der Waals surface area (Å²) in [6.07, 6.45) is 0. The van der Waals surface area contributed by atoms with Gasteiger partial charge >= 0.3 is 0 Å². The Morgan fingerprint density at radius 3 is 2.06 bits per heavy atom. The molecule has 53 heavy (non-hydrogen) atoms. The molecule has 13 rings (SSSR count). The zero-order chi connectivity index (χ0) is 34.4. The van der Waals surface area contributed by atoms with E-state index in [4.69, 9.17) is 9.97 Å². The lowest BCUT2D eigenvalue weighted by Crippen LogP contribution is -2.04. The summed E-state index contributed by atoms with van der Waals surface area (Å²) in [6.45, 7) is 0. The number of benzene rings is 8. The van der Waals surface area contributed by atoms with Crippen LogP contribution in [-0.2, 0) is 0 Å². The van der Waals surface area contributed by atoms with E-state index < -0.39 is 0 Å². The number of hydrogen-bond acceptors (Lipinski definition) is 3. The average molecular weight is 691 g/mol. The van der Waals surface area contributed by atoms with Crippen LogP contribution in [0.25, 0.3) is 119 Å². The van der Waals surface area contributed by atoms with Crippen LogP contribution in [0.5, 0.6) is 0 Å². The maximum Gasteiger partial charge on any atom is 0.165 e. The number of thiophene rings is 1. The van der Waals surface area contributed by atoms with Gasteiger partial charge in [0.1, 0.15) is 5.69 Å². The predicted molar refractivity (Wildman–Crippen MR) is 224 cm³/mol. The zero-order valence-electron chi connectivity index (χ0n) is 28.2. The lowest BCUT2D eigenvalue weighted by atomic mass is 10.0. The molecule has 0 amide bonds. The summed E-state index contributed by atoms with van der Waals surface area (Å²) in [7, 11) is 0. The predicted octanol–water partition coefficient (Wildman–Crippen LogP) is 13.1. The first-order valence-electron chi connectivity index (χ1n) is 18.0. The van der Waals surface area contributed by atoms with Crippen LogP contribution in [0.3, 0.4) is 0 Å². The van der Waals surface area contributed by atoms with Crippen LogP contribution >= 0.6 is 11.3 Å². The van der Waals surface area contributed by atoms with Gasteiger partial charge in [-0.3, -0.25) is 4.57 Å². The molecular formula is C48H26N4S. The van der Waals surface area contributed by atoms with Gasteiger partial charge in [-0.15, -0.1) is 11.3 Å². The molecule has 0 N–H and O–H groups in total. The van der Waals surface area contributed by atoms with E-state index in [0.29, 0.717) is 0 Å². The van der Waals surface area contributed by atoms with E-state index in [-0.39, 0.29) is 0 Å². The molecule has 244 valence electrons. The van der Waals surface area contributed by atoms with Gasteiger partial charge in [0.2, 0.25) is 0 Å². The Kier molecular flexibility index (Phi) is 5.22. The maximum absolute atomic E-state index is 5.52. The first-order valence-corrected chi connectivity index (χ1v) is 18.8. The van der Waals surface area contributed by atoms with Crippen molar-refractivity contribution in [2.24, 2.45) is 0 Å². The van der Waals surface area contributed by atoms with Crippen molar-refractivity contribution in [3.8, 4) is 17.1 Å². The zero-order valence-corrected chi connectivity index (χ0v) is 29.0. The normalized spacial score (nSPS) is 12.5. The lowest BCUT2D eigenvalue weighted by Gasteiger charge is -2.15. The topological polar surface area (TPSA) is 35.1 Å². The molecule has 0 bridgehead atoms. The van der Waals surface area contributed by atoms with Crippen molar-refractivity contribution in [1.82, 2.24) is 18.9 Å². The summed E-state index contributed by atoms with van der Waals surface area (Å²) in [5, 5.41) is 12.5. The summed E-state index contributed by atoms with van der Waals surface area (Å²) in [6, 6.07) is 57.1. The van der Waals surface area contributed by atoms with Crippen molar-refractivity contribution in [3.05, 3.63) is 158 Å². The maximum atomic E-state index is 5.52. The molecule has 0 aliphatic rings. The van der Waals surface area contributed by atoms with Gasteiger partial charge in [-0.1, -0.05) is 121 Å². The van der Waals surface area contributed by atoms with E-state index in [2.05, 4.69) is 167 Å². The molecule has 0 aliphatic carbocycles. The second-order valence-electron chi connectivity index (χ2n) is 14.1. The largest absolute Gasteiger partial charge is 0.308 e. The minimum atomic E-state index is 0.830. The van der Waals surface area contributed by atoms with E-state index in [1.807, 2.05) is 11.3 Å². The SMILES string of the molecule is c1ccc(-c2nc3c(ccc4ccccc43)nc2-n2c3cccc4c5cccc6c7c8sc9ccccc9c8ccc7n(c7cccc2c7c43)c56)cc1. The molecule has 0 aliphatic heterocycles. The van der Waals surface area contributed by atoms with Gasteiger partial charge in [0.15, 0.2) is 5.82 Å². The third-order valence-electron chi connectivity index (χ3n) is 11.4. The van der Waals surface area contributed by atoms with Crippen molar-refractivity contribution in [1.29, 1.82) is 0 Å². The number of rotatable bonds is 2. The number of hydrogen-bond donors (Lipinski definition) is 0. The van der Waals surface area contributed by atoms with Crippen LogP contribution in [0.1, 0.15) is 0 Å². The van der Waals surface area contributed by atoms with Gasteiger partial charge in [0.05, 0.1) is 38.6 Å². The molecule has 5 heterocycles. The molecule has 0 unspecified atom stereocenters. The van der Waals surface area contributed by atoms with Crippen molar-refractivity contribution in [2.45, 2.75) is 0 Å². The summed E-state index contributed by atoms with van der Waals surface area (Å²) in [5.74, 6) is 0.830. The molecule has 5 aromatic heterocycles. The number of aromatic nitrogens is 4. The van der Waals surface area contributed by atoms with E-state index in [1.54, 1.807) is 0 Å². The van der Waals surface area contributed by atoms with Gasteiger partial charge in [0, 0.05) is 58.1 Å². The molecule has 13 aromatic rings. The van der Waals surface area contributed by atoms with E-state index in [9.17, 15) is 0 Å². The van der Waals surface area contributed by atoms with E-state index >= 15 is 0 Å². The van der Waals surface area contributed by atoms with Crippen LogP contribution in [0, 0.1) is 0 Å². The van der Waals surface area contributed by atoms with Crippen LogP contribution < -0.4 is 0 Å². The molecule has 4 nitrogen and oxygen atoms in total. The molecule has 0 spiro atoms. The summed E-state index contributed by atoms with van der Waals surface area (Å²) >= 11 is 1.90. The second-order valence-corrected chi connectivity index (χ2v) is 15.1. The Morgan fingerprint density at radius 1 is 0.434 bits per heavy atom. The highest BCUT2D eigenvalue weighted by molar-refractivity contribution is 7.26. The molecule has 8 aromatic carbocycles. The van der Waals surface area contributed by atoms with E-state index in [1.165, 1.54) is 69.0 Å². The third kappa shape index (κ3) is 3.50. The van der Waals surface area contributed by atoms with Gasteiger partial charge in [-0.2, -0.15) is 0 Å². The second kappa shape index (κ2) is 9.94. The quantitative estimate of drug-likeness (QED) is 0.169. The Bertz CT molecular complexity index is 3680. The monoisotopic (exact) mass is 690 g/mol. The molecule has 0 radical (unpaired) electrons. The molecule has 5 heteroatoms. The fraction of sp³-hybridized carbons (Fsp3) is 0. The highest BCUT2D eigenvalue weighted by atomic mass is 32.1. The summed E-state index contributed by atoms with van der Waals surface area (Å²) < 4.78 is 7.57. The van der Waals surface area contributed by atoms with Crippen molar-refractivity contribution >= 4 is 113 Å². The molecule has 0 fully saturated rings. The lowest BCUT2D eigenvalue weighted by molar-refractivity contribution is 1.08. The first kappa shape index (κ1) is 27.8. The smallest absolute Gasteiger partial charge is 0.165 e. The summed E-state index contributed by atoms with van der Waals surface area (Å²) in [4.78, 5) is 11.0. The number of fused-ring (bicyclic) bond motifs is 12. The van der Waals surface area contributed by atoms with Gasteiger partial charge in [-0.05, 0) is 47.2 Å². The molecule has 0 saturated carbocycles. The first-order chi connectivity index (χ1) is 26.3. The van der Waals surface area contributed by atoms with Crippen molar-refractivity contribution in [2.75, 3.05) is 0 Å². The van der Waals surface area contributed by atoms with Crippen LogP contribution in [0.4, 0.5) is 0 Å². The Balaban J connectivity index is 1.24. The van der Waals surface area contributed by atoms with E-state index in [0.717, 1.165) is 49.9 Å². The van der Waals surface area contributed by atoms with Crippen LogP contribution in [0.2, 0.25) is 0 Å². The summed E-state index contributed by atoms with van der Waals surface area (Å²) in [5.41, 5.74) is 9.60. The number of para-hydroxylation sites is 1. The highest BCUT2D eigenvalue weighted by Gasteiger charge is 2.25. The standard InChI is InChI=1S/C48H26N4S/c1-2-12-28(13-3-1)44-48(49-35-25-23-27-11-4-5-14-29(27)45(35)50-44)52-36-19-9-16-31-32-17-8-18-34-42-39(26-24-33-30-15-6-7-22-40(30)53-47(33)42)51(46(32)34)37-20-10-21-38(52)43(37)41(31)36/h1-26H. The fourth-order valence-corrected chi connectivity index (χ4v) is 10.5. The van der Waals surface area contributed by atoms with Gasteiger partial charge in [0.25, 0.3) is 0 Å². The highest BCUT2D eigenvalue weighted by Crippen LogP contribution is 2.48. The van der Waals surface area contributed by atoms with Crippen LogP contribution in [-0.4, -0.2) is 18.9 Å². The average Bonchev–Trinajstić information content (AvgIpc) is 3.85. The molecule has 0 atom stereocenters. The Labute approximate surface area is 305 Å². The minimum absolute atomic E-state index is 0.830. The Hall–Kier alpha value is -6.82. The van der Waals surface area contributed by atoms with Gasteiger partial charge in [-0.25, -0.2) is 9.97 Å². The number of nitrogens with zero attached hydrogens (tertiary/aromatic N) is 4. The fourth-order valence-electron chi connectivity index (χ4n) is 9.25. The molecular weight excluding hydrogens is 665 g/mol. The minimum Gasteiger partial charge on any atom is -0.308 e. The van der Waals surface area contributed by atoms with Gasteiger partial charge < -0.3 is 4.40 Å². The van der Waals surface area contributed by atoms with Crippen LogP contribution in [0.15, 0.2) is 158 Å². The molecule has 0 saturated heterocycles. The third-order valence-corrected chi connectivity index (χ3v) is 12.6. The van der Waals surface area contributed by atoms with Crippen molar-refractivity contribution in [3.63, 3.8) is 0 Å². The Morgan fingerprint density at radius 2 is 1.13 bits per heavy atom.